The molecule has 0 bridgehead atoms. The van der Waals surface area contributed by atoms with Crippen LogP contribution >= 0.6 is 0 Å². The third kappa shape index (κ3) is 6.76. The first kappa shape index (κ1) is 22.2. The molecule has 2 atom stereocenters. The normalized spacial score (nSPS) is 13.9. The van der Waals surface area contributed by atoms with Crippen LogP contribution in [0.5, 0.6) is 0 Å². The first-order chi connectivity index (χ1) is 10.6. The van der Waals surface area contributed by atoms with Crippen LogP contribution in [0.15, 0.2) is 12.5 Å². The van der Waals surface area contributed by atoms with Gasteiger partial charge in [-0.15, -0.1) is 0 Å². The molecular formula is C12H16N3NaO8. The number of nitrogens with zero attached hydrogens (tertiary/aromatic N) is 1. The molecule has 0 saturated carbocycles. The van der Waals surface area contributed by atoms with Crippen molar-refractivity contribution in [2.24, 2.45) is 5.73 Å². The summed E-state index contributed by atoms with van der Waals surface area (Å²) in [6, 6.07) is -1.23. The molecule has 1 heterocycles. The predicted molar refractivity (Wildman–Crippen MR) is 78.0 cm³/mol. The molecule has 0 radical (unpaired) electrons. The van der Waals surface area contributed by atoms with Crippen molar-refractivity contribution in [1.29, 1.82) is 0 Å². The van der Waals surface area contributed by atoms with Crippen LogP contribution in [0, 0.1) is 0 Å². The van der Waals surface area contributed by atoms with Gasteiger partial charge in [-0.2, -0.15) is 0 Å². The van der Waals surface area contributed by atoms with Crippen LogP contribution < -0.4 is 5.73 Å². The average Bonchev–Trinajstić information content (AvgIpc) is 2.89. The Bertz CT molecular complexity index is 605. The van der Waals surface area contributed by atoms with Crippen LogP contribution in [-0.2, 0) is 30.3 Å². The van der Waals surface area contributed by atoms with Crippen molar-refractivity contribution in [3.05, 3.63) is 18.2 Å². The van der Waals surface area contributed by atoms with E-state index in [1.807, 2.05) is 0 Å². The van der Waals surface area contributed by atoms with Gasteiger partial charge in [0.15, 0.2) is 5.60 Å². The van der Waals surface area contributed by atoms with Gasteiger partial charge in [-0.3, -0.25) is 9.59 Å². The molecular weight excluding hydrogens is 337 g/mol. The molecule has 0 amide bonds. The number of rotatable bonds is 8. The van der Waals surface area contributed by atoms with Crippen molar-refractivity contribution >= 4 is 53.4 Å². The van der Waals surface area contributed by atoms with Gasteiger partial charge in [-0.1, -0.05) is 0 Å². The van der Waals surface area contributed by atoms with Crippen LogP contribution in [-0.4, -0.2) is 90.4 Å². The van der Waals surface area contributed by atoms with Gasteiger partial charge in [0.25, 0.3) is 0 Å². The summed E-state index contributed by atoms with van der Waals surface area (Å²) >= 11 is 0. The van der Waals surface area contributed by atoms with Crippen LogP contribution in [0.3, 0.4) is 0 Å². The van der Waals surface area contributed by atoms with E-state index in [1.165, 1.54) is 12.5 Å². The Morgan fingerprint density at radius 1 is 1.29 bits per heavy atom. The Hall–Kier alpha value is -1.79. The molecule has 1 rings (SSSR count). The fourth-order valence-electron chi connectivity index (χ4n) is 1.64. The number of hydrogen-bond acceptors (Lipinski definition) is 8. The minimum absolute atomic E-state index is 0. The third-order valence-electron chi connectivity index (χ3n) is 2.79. The van der Waals surface area contributed by atoms with Crippen LogP contribution in [0.2, 0.25) is 0 Å². The molecule has 128 valence electrons. The summed E-state index contributed by atoms with van der Waals surface area (Å²) in [7, 11) is 0. The van der Waals surface area contributed by atoms with Crippen LogP contribution in [0.25, 0.3) is 0 Å². The maximum absolute atomic E-state index is 11.6. The van der Waals surface area contributed by atoms with E-state index in [2.05, 4.69) is 14.7 Å². The summed E-state index contributed by atoms with van der Waals surface area (Å²) in [4.78, 5) is 50.9. The number of nitrogens with one attached hydrogen (secondary N) is 1. The van der Waals surface area contributed by atoms with Crippen molar-refractivity contribution in [2.45, 2.75) is 30.9 Å². The SMILES string of the molecule is N[C@@H](Cc1cnc[nH]1)C(=O)OC(=O)CC(O)(CC(=O)O)C(=O)O.[NaH]. The summed E-state index contributed by atoms with van der Waals surface area (Å²) < 4.78 is 4.33. The van der Waals surface area contributed by atoms with Gasteiger partial charge in [0.05, 0.1) is 19.2 Å². The number of aliphatic carboxylic acids is 2. The van der Waals surface area contributed by atoms with E-state index in [0.29, 0.717) is 5.69 Å². The molecule has 0 fully saturated rings. The summed E-state index contributed by atoms with van der Waals surface area (Å²) in [5.74, 6) is -6.11. The molecule has 12 heteroatoms. The molecule has 0 aliphatic carbocycles. The number of aliphatic hydroxyl groups is 1. The van der Waals surface area contributed by atoms with Gasteiger partial charge < -0.3 is 30.8 Å². The van der Waals surface area contributed by atoms with Gasteiger partial charge in [-0.05, 0) is 0 Å². The van der Waals surface area contributed by atoms with Crippen molar-refractivity contribution in [3.8, 4) is 0 Å². The number of nitrogens with two attached hydrogens (primary N) is 1. The number of H-pyrrole nitrogens is 1. The minimum atomic E-state index is -2.88. The number of carboxylic acid groups (broad SMARTS) is 2. The van der Waals surface area contributed by atoms with Gasteiger partial charge in [0.2, 0.25) is 0 Å². The zero-order chi connectivity index (χ0) is 17.6. The quantitative estimate of drug-likeness (QED) is 0.188. The standard InChI is InChI=1S/C12H15N3O8.Na.H/c13-7(1-6-4-14-5-15-6)10(19)23-9(18)3-12(22,11(20)21)2-8(16)17;;/h4-5,7,22H,1-3,13H2,(H,14,15)(H,16,17)(H,20,21);;/t7-,12?;;/m0../s1. The van der Waals surface area contributed by atoms with E-state index >= 15 is 0 Å². The molecule has 24 heavy (non-hydrogen) atoms. The Kier molecular flexibility index (Phi) is 8.78. The number of carbonyl (C=O) groups excluding carboxylic acids is 2. The van der Waals surface area contributed by atoms with E-state index in [9.17, 15) is 24.3 Å². The summed E-state index contributed by atoms with van der Waals surface area (Å²) in [6.07, 6.45) is 0.315. The van der Waals surface area contributed by atoms with E-state index in [4.69, 9.17) is 15.9 Å². The number of imidazole rings is 1. The molecule has 0 saturated heterocycles. The number of hydrogen-bond donors (Lipinski definition) is 5. The van der Waals surface area contributed by atoms with Gasteiger partial charge in [0.1, 0.15) is 6.04 Å². The Balaban J connectivity index is 0.00000529. The first-order valence-electron chi connectivity index (χ1n) is 6.29. The fraction of sp³-hybridized carbons (Fsp3) is 0.417. The van der Waals surface area contributed by atoms with Crippen molar-refractivity contribution < 1.29 is 39.2 Å². The van der Waals surface area contributed by atoms with Gasteiger partial charge in [0, 0.05) is 18.3 Å². The average molecular weight is 353 g/mol. The Morgan fingerprint density at radius 3 is 2.38 bits per heavy atom. The van der Waals surface area contributed by atoms with Crippen molar-refractivity contribution in [1.82, 2.24) is 9.97 Å². The second kappa shape index (κ2) is 9.49. The van der Waals surface area contributed by atoms with Crippen molar-refractivity contribution in [2.75, 3.05) is 0 Å². The second-order valence-electron chi connectivity index (χ2n) is 4.76. The maximum atomic E-state index is 11.6. The first-order valence-corrected chi connectivity index (χ1v) is 6.29. The number of esters is 2. The molecule has 0 aromatic carbocycles. The molecule has 0 spiro atoms. The molecule has 6 N–H and O–H groups in total. The number of carboxylic acids is 2. The molecule has 0 aliphatic heterocycles. The van der Waals surface area contributed by atoms with Crippen LogP contribution in [0.1, 0.15) is 18.5 Å². The summed E-state index contributed by atoms with van der Waals surface area (Å²) in [5.41, 5.74) is 3.14. The number of carbonyl (C=O) groups is 4. The zero-order valence-corrected chi connectivity index (χ0v) is 11.8. The molecule has 1 unspecified atom stereocenters. The summed E-state index contributed by atoms with van der Waals surface area (Å²) in [5, 5.41) is 27.0. The summed E-state index contributed by atoms with van der Waals surface area (Å²) in [6.45, 7) is 0. The van der Waals surface area contributed by atoms with E-state index in [1.54, 1.807) is 0 Å². The molecule has 1 aromatic rings. The van der Waals surface area contributed by atoms with Crippen LogP contribution in [0.4, 0.5) is 0 Å². The third-order valence-corrected chi connectivity index (χ3v) is 2.79. The number of ether oxygens (including phenoxy) is 1. The number of aromatic nitrogens is 2. The molecule has 11 nitrogen and oxygen atoms in total. The van der Waals surface area contributed by atoms with Gasteiger partial charge >= 0.3 is 53.4 Å². The molecule has 0 aliphatic rings. The zero-order valence-electron chi connectivity index (χ0n) is 11.8. The van der Waals surface area contributed by atoms with Crippen molar-refractivity contribution in [3.63, 3.8) is 0 Å². The van der Waals surface area contributed by atoms with E-state index in [0.717, 1.165) is 0 Å². The van der Waals surface area contributed by atoms with E-state index in [-0.39, 0.29) is 36.0 Å². The topological polar surface area (TPSA) is 193 Å². The monoisotopic (exact) mass is 353 g/mol. The Morgan fingerprint density at radius 2 is 1.92 bits per heavy atom. The van der Waals surface area contributed by atoms with Gasteiger partial charge in [-0.25, -0.2) is 14.6 Å². The second-order valence-corrected chi connectivity index (χ2v) is 4.76. The predicted octanol–water partition coefficient (Wildman–Crippen LogP) is -2.62. The van der Waals surface area contributed by atoms with E-state index < -0.39 is 48.4 Å². The Labute approximate surface area is 157 Å². The molecule has 1 aromatic heterocycles. The number of aromatic amines is 1. The fourth-order valence-corrected chi connectivity index (χ4v) is 1.64.